The Morgan fingerprint density at radius 1 is 1.10 bits per heavy atom. The van der Waals surface area contributed by atoms with Gasteiger partial charge in [0.05, 0.1) is 13.2 Å². The first-order chi connectivity index (χ1) is 9.83. The lowest BCUT2D eigenvalue weighted by molar-refractivity contribution is 0.0435. The topological polar surface area (TPSA) is 15.7 Å². The van der Waals surface area contributed by atoms with Crippen molar-refractivity contribution in [1.82, 2.24) is 4.90 Å². The Balaban J connectivity index is 1.86. The maximum atomic E-state index is 5.35. The second-order valence-electron chi connectivity index (χ2n) is 5.08. The van der Waals surface area contributed by atoms with E-state index in [0.717, 1.165) is 45.9 Å². The molecule has 1 heterocycles. The van der Waals surface area contributed by atoms with E-state index in [-0.39, 0.29) is 0 Å². The van der Waals surface area contributed by atoms with Crippen LogP contribution < -0.4 is 4.90 Å². The molecule has 1 aromatic rings. The molecule has 1 aliphatic heterocycles. The maximum absolute atomic E-state index is 5.35. The van der Waals surface area contributed by atoms with Crippen molar-refractivity contribution < 1.29 is 4.74 Å². The molecule has 0 aromatic heterocycles. The van der Waals surface area contributed by atoms with E-state index in [1.54, 1.807) is 0 Å². The molecule has 0 radical (unpaired) electrons. The van der Waals surface area contributed by atoms with Gasteiger partial charge in [0, 0.05) is 38.4 Å². The minimum Gasteiger partial charge on any atom is -0.379 e. The third kappa shape index (κ3) is 4.36. The summed E-state index contributed by atoms with van der Waals surface area (Å²) >= 11 is 0. The molecule has 0 aliphatic carbocycles. The minimum atomic E-state index is 0.867. The third-order valence-electron chi connectivity index (χ3n) is 3.80. The molecular weight excluding hydrogens is 248 g/mol. The first-order valence-corrected chi connectivity index (χ1v) is 7.65. The number of hydrogen-bond acceptors (Lipinski definition) is 3. The highest BCUT2D eigenvalue weighted by Crippen LogP contribution is 2.15. The molecule has 0 spiro atoms. The summed E-state index contributed by atoms with van der Waals surface area (Å²) in [6.07, 6.45) is 4.46. The van der Waals surface area contributed by atoms with Crippen molar-refractivity contribution >= 4 is 11.8 Å². The van der Waals surface area contributed by atoms with Gasteiger partial charge in [-0.1, -0.05) is 24.3 Å². The Bertz CT molecular complexity index is 404. The number of morpholine rings is 1. The van der Waals surface area contributed by atoms with Crippen molar-refractivity contribution in [2.75, 3.05) is 50.8 Å². The Morgan fingerprint density at radius 3 is 2.35 bits per heavy atom. The standard InChI is InChI=1S/C17H26N2O/c1-3-19(4-2)17-9-7-16(8-10-17)6-5-11-18-12-14-20-15-13-18/h5-10H,3-4,11-15H2,1-2H3. The van der Waals surface area contributed by atoms with Crippen LogP contribution in [0.15, 0.2) is 30.3 Å². The third-order valence-corrected chi connectivity index (χ3v) is 3.80. The van der Waals surface area contributed by atoms with Crippen LogP contribution in [0, 0.1) is 0 Å². The highest BCUT2D eigenvalue weighted by atomic mass is 16.5. The van der Waals surface area contributed by atoms with E-state index in [0.29, 0.717) is 0 Å². The molecule has 1 saturated heterocycles. The van der Waals surface area contributed by atoms with E-state index in [9.17, 15) is 0 Å². The quantitative estimate of drug-likeness (QED) is 0.793. The van der Waals surface area contributed by atoms with Gasteiger partial charge in [0.25, 0.3) is 0 Å². The van der Waals surface area contributed by atoms with Gasteiger partial charge in [0.1, 0.15) is 0 Å². The number of benzene rings is 1. The van der Waals surface area contributed by atoms with Crippen LogP contribution >= 0.6 is 0 Å². The molecule has 0 saturated carbocycles. The van der Waals surface area contributed by atoms with E-state index >= 15 is 0 Å². The van der Waals surface area contributed by atoms with Crippen molar-refractivity contribution in [1.29, 1.82) is 0 Å². The minimum absolute atomic E-state index is 0.867. The molecule has 1 aliphatic rings. The van der Waals surface area contributed by atoms with Crippen molar-refractivity contribution in [3.63, 3.8) is 0 Å². The summed E-state index contributed by atoms with van der Waals surface area (Å²) in [5.41, 5.74) is 2.58. The van der Waals surface area contributed by atoms with Gasteiger partial charge < -0.3 is 9.64 Å². The highest BCUT2D eigenvalue weighted by Gasteiger charge is 2.07. The zero-order valence-corrected chi connectivity index (χ0v) is 12.7. The van der Waals surface area contributed by atoms with Gasteiger partial charge in [-0.2, -0.15) is 0 Å². The van der Waals surface area contributed by atoms with E-state index in [2.05, 4.69) is 60.1 Å². The molecule has 3 heteroatoms. The molecule has 110 valence electrons. The Morgan fingerprint density at radius 2 is 1.75 bits per heavy atom. The summed E-state index contributed by atoms with van der Waals surface area (Å²) in [4.78, 5) is 4.78. The van der Waals surface area contributed by atoms with Crippen LogP contribution in [-0.4, -0.2) is 50.8 Å². The average molecular weight is 274 g/mol. The first-order valence-electron chi connectivity index (χ1n) is 7.65. The Kier molecular flexibility index (Phi) is 6.09. The second kappa shape index (κ2) is 8.08. The number of hydrogen-bond donors (Lipinski definition) is 0. The fraction of sp³-hybridized carbons (Fsp3) is 0.529. The summed E-state index contributed by atoms with van der Waals surface area (Å²) in [5.74, 6) is 0. The maximum Gasteiger partial charge on any atom is 0.0594 e. The molecule has 1 aromatic carbocycles. The van der Waals surface area contributed by atoms with Crippen LogP contribution in [0.5, 0.6) is 0 Å². The van der Waals surface area contributed by atoms with Gasteiger partial charge in [-0.05, 0) is 31.5 Å². The lowest BCUT2D eigenvalue weighted by atomic mass is 10.2. The number of anilines is 1. The lowest BCUT2D eigenvalue weighted by Crippen LogP contribution is -2.36. The van der Waals surface area contributed by atoms with Gasteiger partial charge >= 0.3 is 0 Å². The summed E-state index contributed by atoms with van der Waals surface area (Å²) in [5, 5.41) is 0. The van der Waals surface area contributed by atoms with Crippen molar-refractivity contribution in [3.05, 3.63) is 35.9 Å². The van der Waals surface area contributed by atoms with Crippen molar-refractivity contribution in [2.24, 2.45) is 0 Å². The molecule has 20 heavy (non-hydrogen) atoms. The normalized spacial score (nSPS) is 16.7. The molecule has 3 nitrogen and oxygen atoms in total. The zero-order chi connectivity index (χ0) is 14.2. The summed E-state index contributed by atoms with van der Waals surface area (Å²) in [6, 6.07) is 8.82. The number of rotatable bonds is 6. The van der Waals surface area contributed by atoms with E-state index in [1.165, 1.54) is 11.3 Å². The SMILES string of the molecule is CCN(CC)c1ccc(C=CCN2CCOCC2)cc1. The van der Waals surface area contributed by atoms with Crippen LogP contribution in [0.2, 0.25) is 0 Å². The van der Waals surface area contributed by atoms with Crippen LogP contribution in [0.1, 0.15) is 19.4 Å². The van der Waals surface area contributed by atoms with Crippen LogP contribution in [0.3, 0.4) is 0 Å². The Hall–Kier alpha value is -1.32. The van der Waals surface area contributed by atoms with E-state index in [4.69, 9.17) is 4.74 Å². The van der Waals surface area contributed by atoms with Crippen LogP contribution in [0.4, 0.5) is 5.69 Å². The Labute approximate surface area is 122 Å². The van der Waals surface area contributed by atoms with Crippen LogP contribution in [-0.2, 0) is 4.74 Å². The van der Waals surface area contributed by atoms with E-state index in [1.807, 2.05) is 0 Å². The van der Waals surface area contributed by atoms with Gasteiger partial charge in [0.2, 0.25) is 0 Å². The largest absolute Gasteiger partial charge is 0.379 e. The molecule has 1 fully saturated rings. The lowest BCUT2D eigenvalue weighted by Gasteiger charge is -2.25. The summed E-state index contributed by atoms with van der Waals surface area (Å²) in [6.45, 7) is 11.3. The second-order valence-corrected chi connectivity index (χ2v) is 5.08. The fourth-order valence-corrected chi connectivity index (χ4v) is 2.51. The highest BCUT2D eigenvalue weighted by molar-refractivity contribution is 5.56. The molecule has 0 amide bonds. The molecule has 0 bridgehead atoms. The first kappa shape index (κ1) is 15.1. The average Bonchev–Trinajstić information content (AvgIpc) is 2.51. The summed E-state index contributed by atoms with van der Waals surface area (Å²) < 4.78 is 5.35. The predicted octanol–water partition coefficient (Wildman–Crippen LogP) is 2.88. The monoisotopic (exact) mass is 274 g/mol. The fourth-order valence-electron chi connectivity index (χ4n) is 2.51. The molecule has 0 unspecified atom stereocenters. The van der Waals surface area contributed by atoms with E-state index < -0.39 is 0 Å². The molecule has 0 N–H and O–H groups in total. The zero-order valence-electron chi connectivity index (χ0n) is 12.7. The van der Waals surface area contributed by atoms with Gasteiger partial charge in [-0.3, -0.25) is 4.90 Å². The number of ether oxygens (including phenoxy) is 1. The van der Waals surface area contributed by atoms with Crippen LogP contribution in [0.25, 0.3) is 6.08 Å². The molecule has 0 atom stereocenters. The number of nitrogens with zero attached hydrogens (tertiary/aromatic N) is 2. The van der Waals surface area contributed by atoms with Gasteiger partial charge in [-0.15, -0.1) is 0 Å². The molecule has 2 rings (SSSR count). The summed E-state index contributed by atoms with van der Waals surface area (Å²) in [7, 11) is 0. The smallest absolute Gasteiger partial charge is 0.0594 e. The van der Waals surface area contributed by atoms with Crippen molar-refractivity contribution in [2.45, 2.75) is 13.8 Å². The molecular formula is C17H26N2O. The van der Waals surface area contributed by atoms with Gasteiger partial charge in [-0.25, -0.2) is 0 Å². The van der Waals surface area contributed by atoms with Gasteiger partial charge in [0.15, 0.2) is 0 Å². The predicted molar refractivity (Wildman–Crippen MR) is 86.3 cm³/mol. The van der Waals surface area contributed by atoms with Crippen molar-refractivity contribution in [3.8, 4) is 0 Å².